The second kappa shape index (κ2) is 7.18. The van der Waals surface area contributed by atoms with Crippen molar-refractivity contribution in [2.24, 2.45) is 0 Å². The number of aryl methyl sites for hydroxylation is 1. The van der Waals surface area contributed by atoms with E-state index in [1.54, 1.807) is 6.92 Å². The van der Waals surface area contributed by atoms with E-state index in [0.717, 1.165) is 16.6 Å². The van der Waals surface area contributed by atoms with Crippen molar-refractivity contribution in [2.45, 2.75) is 13.3 Å². The molecule has 1 N–H and O–H groups in total. The van der Waals surface area contributed by atoms with Gasteiger partial charge in [0.1, 0.15) is 11.6 Å². The van der Waals surface area contributed by atoms with Crippen LogP contribution in [0.1, 0.15) is 12.2 Å². The van der Waals surface area contributed by atoms with Gasteiger partial charge in [0, 0.05) is 24.7 Å². The van der Waals surface area contributed by atoms with Gasteiger partial charge in [0.05, 0.1) is 11.3 Å². The molecule has 1 heterocycles. The van der Waals surface area contributed by atoms with Crippen LogP contribution >= 0.6 is 11.6 Å². The van der Waals surface area contributed by atoms with Crippen LogP contribution in [-0.4, -0.2) is 32.3 Å². The van der Waals surface area contributed by atoms with Crippen LogP contribution < -0.4 is 9.62 Å². The zero-order chi connectivity index (χ0) is 17.9. The fourth-order valence-electron chi connectivity index (χ4n) is 1.92. The lowest BCUT2D eigenvalue weighted by molar-refractivity contribution is -0.116. The Kier molecular flexibility index (Phi) is 5.45. The van der Waals surface area contributed by atoms with Gasteiger partial charge in [-0.2, -0.15) is 0 Å². The molecule has 24 heavy (non-hydrogen) atoms. The minimum Gasteiger partial charge on any atom is -0.360 e. The number of sulfonamides is 1. The van der Waals surface area contributed by atoms with Crippen molar-refractivity contribution in [3.8, 4) is 0 Å². The average molecular weight is 376 g/mol. The van der Waals surface area contributed by atoms with E-state index >= 15 is 0 Å². The molecule has 10 heteroatoms. The minimum absolute atomic E-state index is 0.104. The molecular weight excluding hydrogens is 361 g/mol. The van der Waals surface area contributed by atoms with Gasteiger partial charge in [-0.3, -0.25) is 9.10 Å². The molecule has 0 unspecified atom stereocenters. The number of amides is 1. The maximum absolute atomic E-state index is 13.1. The highest BCUT2D eigenvalue weighted by Crippen LogP contribution is 2.20. The molecule has 0 aliphatic rings. The summed E-state index contributed by atoms with van der Waals surface area (Å²) in [5, 5.41) is 6.04. The van der Waals surface area contributed by atoms with E-state index in [0.29, 0.717) is 11.4 Å². The molecule has 0 saturated heterocycles. The summed E-state index contributed by atoms with van der Waals surface area (Å²) in [5.74, 6) is -0.498. The lowest BCUT2D eigenvalue weighted by Crippen LogP contribution is -2.33. The molecule has 0 spiro atoms. The highest BCUT2D eigenvalue weighted by atomic mass is 35.5. The molecule has 0 aliphatic carbocycles. The van der Waals surface area contributed by atoms with Gasteiger partial charge >= 0.3 is 0 Å². The normalized spacial score (nSPS) is 11.3. The highest BCUT2D eigenvalue weighted by Gasteiger charge is 2.21. The number of hydrogen-bond donors (Lipinski definition) is 1. The van der Waals surface area contributed by atoms with Gasteiger partial charge in [0.2, 0.25) is 15.9 Å². The summed E-state index contributed by atoms with van der Waals surface area (Å²) in [5.41, 5.74) is 0.314. The summed E-state index contributed by atoms with van der Waals surface area (Å²) in [4.78, 5) is 12.0. The van der Waals surface area contributed by atoms with Crippen LogP contribution in [0.4, 0.5) is 15.9 Å². The van der Waals surface area contributed by atoms with Crippen LogP contribution in [-0.2, 0) is 14.8 Å². The van der Waals surface area contributed by atoms with Crippen molar-refractivity contribution in [2.75, 3.05) is 22.4 Å². The highest BCUT2D eigenvalue weighted by molar-refractivity contribution is 7.92. The number of nitrogens with zero attached hydrogens (tertiary/aromatic N) is 2. The summed E-state index contributed by atoms with van der Waals surface area (Å²) < 4.78 is 42.6. The van der Waals surface area contributed by atoms with E-state index in [-0.39, 0.29) is 23.8 Å². The van der Waals surface area contributed by atoms with E-state index in [1.807, 2.05) is 0 Å². The van der Waals surface area contributed by atoms with Crippen molar-refractivity contribution < 1.29 is 22.1 Å². The lowest BCUT2D eigenvalue weighted by atomic mass is 10.3. The van der Waals surface area contributed by atoms with Crippen LogP contribution in [0, 0.1) is 12.7 Å². The zero-order valence-corrected chi connectivity index (χ0v) is 14.5. The van der Waals surface area contributed by atoms with Gasteiger partial charge < -0.3 is 9.84 Å². The second-order valence-electron chi connectivity index (χ2n) is 5.06. The van der Waals surface area contributed by atoms with Crippen molar-refractivity contribution in [1.82, 2.24) is 5.16 Å². The SMILES string of the molecule is Cc1cc(N(CCC(=O)Nc2ccc(F)c(Cl)c2)S(C)(=O)=O)no1. The van der Waals surface area contributed by atoms with Crippen molar-refractivity contribution >= 4 is 39.0 Å². The molecule has 1 aromatic heterocycles. The maximum atomic E-state index is 13.1. The topological polar surface area (TPSA) is 92.5 Å². The third kappa shape index (κ3) is 4.68. The Morgan fingerprint density at radius 1 is 1.42 bits per heavy atom. The summed E-state index contributed by atoms with van der Waals surface area (Å²) in [7, 11) is -3.63. The Morgan fingerprint density at radius 2 is 2.12 bits per heavy atom. The maximum Gasteiger partial charge on any atom is 0.233 e. The van der Waals surface area contributed by atoms with Gasteiger partial charge in [-0.05, 0) is 25.1 Å². The monoisotopic (exact) mass is 375 g/mol. The molecule has 0 radical (unpaired) electrons. The molecular formula is C14H15ClFN3O4S. The van der Waals surface area contributed by atoms with Gasteiger partial charge in [-0.1, -0.05) is 16.8 Å². The quantitative estimate of drug-likeness (QED) is 0.837. The van der Waals surface area contributed by atoms with Crippen LogP contribution in [0.15, 0.2) is 28.8 Å². The van der Waals surface area contributed by atoms with Crippen LogP contribution in [0.5, 0.6) is 0 Å². The molecule has 0 fully saturated rings. The van der Waals surface area contributed by atoms with Crippen LogP contribution in [0.3, 0.4) is 0 Å². The molecule has 130 valence electrons. The summed E-state index contributed by atoms with van der Waals surface area (Å²) in [6.45, 7) is 1.51. The van der Waals surface area contributed by atoms with E-state index < -0.39 is 21.7 Å². The fourth-order valence-corrected chi connectivity index (χ4v) is 2.95. The Bertz CT molecular complexity index is 853. The third-order valence-electron chi connectivity index (χ3n) is 3.02. The van der Waals surface area contributed by atoms with Gasteiger partial charge in [-0.25, -0.2) is 12.8 Å². The number of benzene rings is 1. The molecule has 1 amide bonds. The lowest BCUT2D eigenvalue weighted by Gasteiger charge is -2.18. The largest absolute Gasteiger partial charge is 0.360 e. The summed E-state index contributed by atoms with van der Waals surface area (Å²) >= 11 is 5.63. The predicted molar refractivity (Wildman–Crippen MR) is 88.1 cm³/mol. The van der Waals surface area contributed by atoms with E-state index in [2.05, 4.69) is 10.5 Å². The van der Waals surface area contributed by atoms with E-state index in [1.165, 1.54) is 18.2 Å². The Hall–Kier alpha value is -2.13. The first-order valence-electron chi connectivity index (χ1n) is 6.83. The van der Waals surface area contributed by atoms with E-state index in [4.69, 9.17) is 16.1 Å². The Labute approximate surface area is 143 Å². The zero-order valence-electron chi connectivity index (χ0n) is 12.9. The number of carbonyl (C=O) groups excluding carboxylic acids is 1. The smallest absolute Gasteiger partial charge is 0.233 e. The molecule has 0 bridgehead atoms. The number of nitrogens with one attached hydrogen (secondary N) is 1. The molecule has 0 atom stereocenters. The third-order valence-corrected chi connectivity index (χ3v) is 4.48. The number of hydrogen-bond acceptors (Lipinski definition) is 5. The molecule has 1 aromatic carbocycles. The first-order chi connectivity index (χ1) is 11.2. The molecule has 2 rings (SSSR count). The van der Waals surface area contributed by atoms with Crippen molar-refractivity contribution in [3.05, 3.63) is 40.9 Å². The van der Waals surface area contributed by atoms with Crippen LogP contribution in [0.2, 0.25) is 5.02 Å². The average Bonchev–Trinajstić information content (AvgIpc) is 2.88. The number of rotatable bonds is 6. The first kappa shape index (κ1) is 18.2. The van der Waals surface area contributed by atoms with Crippen LogP contribution in [0.25, 0.3) is 0 Å². The fraction of sp³-hybridized carbons (Fsp3) is 0.286. The van der Waals surface area contributed by atoms with E-state index in [9.17, 15) is 17.6 Å². The van der Waals surface area contributed by atoms with Crippen molar-refractivity contribution in [1.29, 1.82) is 0 Å². The molecule has 0 saturated carbocycles. The number of aromatic nitrogens is 1. The van der Waals surface area contributed by atoms with Crippen molar-refractivity contribution in [3.63, 3.8) is 0 Å². The molecule has 7 nitrogen and oxygen atoms in total. The summed E-state index contributed by atoms with van der Waals surface area (Å²) in [6, 6.07) is 5.20. The Balaban J connectivity index is 2.03. The molecule has 2 aromatic rings. The first-order valence-corrected chi connectivity index (χ1v) is 9.05. The number of halogens is 2. The van der Waals surface area contributed by atoms with Gasteiger partial charge in [-0.15, -0.1) is 0 Å². The standard InChI is InChI=1S/C14H15ClFN3O4S/c1-9-7-13(18-23-9)19(24(2,21)22)6-5-14(20)17-10-3-4-12(16)11(15)8-10/h3-4,7-8H,5-6H2,1-2H3,(H,17,20). The minimum atomic E-state index is -3.63. The number of carbonyl (C=O) groups is 1. The van der Waals surface area contributed by atoms with Gasteiger partial charge in [0.15, 0.2) is 5.82 Å². The summed E-state index contributed by atoms with van der Waals surface area (Å²) in [6.07, 6.45) is 0.878. The Morgan fingerprint density at radius 3 is 2.67 bits per heavy atom. The molecule has 0 aliphatic heterocycles. The predicted octanol–water partition coefficient (Wildman–Crippen LogP) is 2.57. The second-order valence-corrected chi connectivity index (χ2v) is 7.37. The number of anilines is 2. The van der Waals surface area contributed by atoms with Gasteiger partial charge in [0.25, 0.3) is 0 Å².